The molecule has 0 aliphatic carbocycles. The van der Waals surface area contributed by atoms with E-state index in [0.717, 1.165) is 22.7 Å². The molecule has 2 aromatic carbocycles. The number of nitrogens with one attached hydrogen (secondary N) is 2. The van der Waals surface area contributed by atoms with E-state index >= 15 is 0 Å². The maximum atomic E-state index is 12.4. The average Bonchev–Trinajstić information content (AvgIpc) is 2.65. The Kier molecular flexibility index (Phi) is 5.66. The third-order valence-electron chi connectivity index (χ3n) is 3.80. The van der Waals surface area contributed by atoms with Crippen LogP contribution in [0.25, 0.3) is 0 Å². The lowest BCUT2D eigenvalue weighted by Crippen LogP contribution is -2.14. The van der Waals surface area contributed by atoms with Gasteiger partial charge < -0.3 is 15.4 Å². The lowest BCUT2D eigenvalue weighted by atomic mass is 10.2. The van der Waals surface area contributed by atoms with Crippen molar-refractivity contribution < 1.29 is 9.53 Å². The van der Waals surface area contributed by atoms with Gasteiger partial charge in [0.1, 0.15) is 5.75 Å². The molecule has 0 aliphatic rings. The van der Waals surface area contributed by atoms with Crippen molar-refractivity contribution in [2.45, 2.75) is 26.9 Å². The predicted molar refractivity (Wildman–Crippen MR) is 107 cm³/mol. The van der Waals surface area contributed by atoms with Crippen LogP contribution in [0.15, 0.2) is 60.9 Å². The van der Waals surface area contributed by atoms with Gasteiger partial charge in [-0.3, -0.25) is 4.79 Å². The van der Waals surface area contributed by atoms with Gasteiger partial charge in [0.05, 0.1) is 17.4 Å². The molecular weight excluding hydrogens is 340 g/mol. The van der Waals surface area contributed by atoms with E-state index in [1.54, 1.807) is 0 Å². The minimum atomic E-state index is -0.251. The first-order valence-electron chi connectivity index (χ1n) is 8.74. The van der Waals surface area contributed by atoms with Crippen LogP contribution in [0, 0.1) is 6.92 Å². The monoisotopic (exact) mass is 362 g/mol. The highest BCUT2D eigenvalue weighted by Gasteiger charge is 2.10. The molecule has 27 heavy (non-hydrogen) atoms. The molecular formula is C21H22N4O2. The Labute approximate surface area is 158 Å². The van der Waals surface area contributed by atoms with Crippen LogP contribution in [-0.2, 0) is 0 Å². The van der Waals surface area contributed by atoms with Crippen molar-refractivity contribution in [2.24, 2.45) is 0 Å². The zero-order chi connectivity index (χ0) is 19.2. The Bertz CT molecular complexity index is 923. The van der Waals surface area contributed by atoms with Crippen LogP contribution in [0.4, 0.5) is 17.3 Å². The van der Waals surface area contributed by atoms with Gasteiger partial charge in [-0.2, -0.15) is 0 Å². The molecule has 0 atom stereocenters. The minimum absolute atomic E-state index is 0.0568. The topological polar surface area (TPSA) is 76.1 Å². The second kappa shape index (κ2) is 8.31. The third-order valence-corrected chi connectivity index (χ3v) is 3.80. The number of anilines is 3. The summed E-state index contributed by atoms with van der Waals surface area (Å²) in [4.78, 5) is 20.9. The summed E-state index contributed by atoms with van der Waals surface area (Å²) >= 11 is 0. The highest BCUT2D eigenvalue weighted by atomic mass is 16.5. The Hall–Kier alpha value is -3.41. The summed E-state index contributed by atoms with van der Waals surface area (Å²) in [5.74, 6) is 0.860. The maximum absolute atomic E-state index is 12.4. The predicted octanol–water partition coefficient (Wildman–Crippen LogP) is 4.57. The van der Waals surface area contributed by atoms with E-state index < -0.39 is 0 Å². The van der Waals surface area contributed by atoms with Crippen molar-refractivity contribution in [2.75, 3.05) is 10.6 Å². The molecule has 3 rings (SSSR count). The van der Waals surface area contributed by atoms with E-state index in [4.69, 9.17) is 4.74 Å². The standard InChI is InChI=1S/C21H22N4O2/c1-14(2)27-19-11-7-6-10-18(19)25-21-22-12-16(13-23-21)20(26)24-17-9-5-4-8-15(17)3/h4-14H,1-3H3,(H,24,26)(H,22,23,25). The normalized spacial score (nSPS) is 10.5. The number of nitrogens with zero attached hydrogens (tertiary/aromatic N) is 2. The van der Waals surface area contributed by atoms with E-state index in [1.165, 1.54) is 12.4 Å². The fraction of sp³-hybridized carbons (Fsp3) is 0.190. The van der Waals surface area contributed by atoms with Gasteiger partial charge >= 0.3 is 0 Å². The van der Waals surface area contributed by atoms with Crippen molar-refractivity contribution in [3.63, 3.8) is 0 Å². The van der Waals surface area contributed by atoms with E-state index in [1.807, 2.05) is 69.3 Å². The highest BCUT2D eigenvalue weighted by Crippen LogP contribution is 2.27. The molecule has 138 valence electrons. The SMILES string of the molecule is Cc1ccccc1NC(=O)c1cnc(Nc2ccccc2OC(C)C)nc1. The molecule has 1 heterocycles. The van der Waals surface area contributed by atoms with Gasteiger partial charge in [-0.1, -0.05) is 30.3 Å². The number of carbonyl (C=O) groups excluding carboxylic acids is 1. The quantitative estimate of drug-likeness (QED) is 0.672. The zero-order valence-electron chi connectivity index (χ0n) is 15.6. The fourth-order valence-corrected chi connectivity index (χ4v) is 2.46. The van der Waals surface area contributed by atoms with E-state index in [9.17, 15) is 4.79 Å². The molecule has 0 spiro atoms. The second-order valence-electron chi connectivity index (χ2n) is 6.35. The zero-order valence-corrected chi connectivity index (χ0v) is 15.6. The van der Waals surface area contributed by atoms with E-state index in [-0.39, 0.29) is 12.0 Å². The first-order chi connectivity index (χ1) is 13.0. The molecule has 0 unspecified atom stereocenters. The van der Waals surface area contributed by atoms with Crippen LogP contribution in [0.1, 0.15) is 29.8 Å². The van der Waals surface area contributed by atoms with Crippen LogP contribution in [-0.4, -0.2) is 22.0 Å². The van der Waals surface area contributed by atoms with Gasteiger partial charge in [0.2, 0.25) is 5.95 Å². The number of aryl methyl sites for hydroxylation is 1. The summed E-state index contributed by atoms with van der Waals surface area (Å²) in [6.45, 7) is 5.88. The number of para-hydroxylation sites is 3. The number of ether oxygens (including phenoxy) is 1. The average molecular weight is 362 g/mol. The van der Waals surface area contributed by atoms with Crippen LogP contribution >= 0.6 is 0 Å². The first kappa shape index (κ1) is 18.4. The highest BCUT2D eigenvalue weighted by molar-refractivity contribution is 6.04. The molecule has 0 saturated heterocycles. The van der Waals surface area contributed by atoms with Gasteiger partial charge in [-0.25, -0.2) is 9.97 Å². The molecule has 0 aliphatic heterocycles. The summed E-state index contributed by atoms with van der Waals surface area (Å²) in [7, 11) is 0. The van der Waals surface area contributed by atoms with Crippen LogP contribution in [0.2, 0.25) is 0 Å². The summed E-state index contributed by atoms with van der Waals surface area (Å²) in [6.07, 6.45) is 3.05. The molecule has 0 bridgehead atoms. The minimum Gasteiger partial charge on any atom is -0.489 e. The third kappa shape index (κ3) is 4.82. The Morgan fingerprint density at radius 1 is 0.963 bits per heavy atom. The first-order valence-corrected chi connectivity index (χ1v) is 8.74. The number of rotatable bonds is 6. The van der Waals surface area contributed by atoms with Gasteiger partial charge in [0, 0.05) is 18.1 Å². The molecule has 6 nitrogen and oxygen atoms in total. The Morgan fingerprint density at radius 3 is 2.26 bits per heavy atom. The molecule has 1 aromatic heterocycles. The van der Waals surface area contributed by atoms with Crippen LogP contribution in [0.3, 0.4) is 0 Å². The number of benzene rings is 2. The molecule has 1 amide bonds. The van der Waals surface area contributed by atoms with Crippen molar-refractivity contribution in [1.82, 2.24) is 9.97 Å². The van der Waals surface area contributed by atoms with Gasteiger partial charge in [0.25, 0.3) is 5.91 Å². The van der Waals surface area contributed by atoms with E-state index in [0.29, 0.717) is 11.5 Å². The van der Waals surface area contributed by atoms with Gasteiger partial charge in [0.15, 0.2) is 0 Å². The van der Waals surface area contributed by atoms with Crippen molar-refractivity contribution in [1.29, 1.82) is 0 Å². The summed E-state index contributed by atoms with van der Waals surface area (Å²) in [6, 6.07) is 15.2. The van der Waals surface area contributed by atoms with Crippen molar-refractivity contribution >= 4 is 23.2 Å². The number of carbonyl (C=O) groups is 1. The molecule has 3 aromatic rings. The summed E-state index contributed by atoms with van der Waals surface area (Å²) < 4.78 is 5.77. The number of amides is 1. The van der Waals surface area contributed by atoms with Crippen LogP contribution < -0.4 is 15.4 Å². The summed E-state index contributed by atoms with van der Waals surface area (Å²) in [5, 5.41) is 5.99. The molecule has 0 saturated carbocycles. The smallest absolute Gasteiger partial charge is 0.258 e. The lowest BCUT2D eigenvalue weighted by molar-refractivity contribution is 0.102. The van der Waals surface area contributed by atoms with Crippen LogP contribution in [0.5, 0.6) is 5.75 Å². The van der Waals surface area contributed by atoms with Crippen molar-refractivity contribution in [3.05, 3.63) is 72.1 Å². The Morgan fingerprint density at radius 2 is 1.59 bits per heavy atom. The van der Waals surface area contributed by atoms with Crippen molar-refractivity contribution in [3.8, 4) is 5.75 Å². The molecule has 0 fully saturated rings. The largest absolute Gasteiger partial charge is 0.489 e. The molecule has 2 N–H and O–H groups in total. The Balaban J connectivity index is 1.71. The maximum Gasteiger partial charge on any atom is 0.258 e. The number of aromatic nitrogens is 2. The molecule has 6 heteroatoms. The molecule has 0 radical (unpaired) electrons. The van der Waals surface area contributed by atoms with Gasteiger partial charge in [-0.15, -0.1) is 0 Å². The summed E-state index contributed by atoms with van der Waals surface area (Å²) in [5.41, 5.74) is 2.91. The number of hydrogen-bond acceptors (Lipinski definition) is 5. The second-order valence-corrected chi connectivity index (χ2v) is 6.35. The fourth-order valence-electron chi connectivity index (χ4n) is 2.46. The lowest BCUT2D eigenvalue weighted by Gasteiger charge is -2.14. The number of hydrogen-bond donors (Lipinski definition) is 2. The van der Waals surface area contributed by atoms with Gasteiger partial charge in [-0.05, 0) is 44.5 Å². The van der Waals surface area contributed by atoms with E-state index in [2.05, 4.69) is 20.6 Å².